The maximum absolute atomic E-state index is 13.1. The lowest BCUT2D eigenvalue weighted by molar-refractivity contribution is -0.870. The number of hydrogen-bond acceptors (Lipinski definition) is 5. The Kier molecular flexibility index (Phi) is 72.5. The molecule has 1 amide bonds. The number of rotatable bonds is 76. The lowest BCUT2D eigenvalue weighted by atomic mass is 10.0. The Morgan fingerprint density at radius 3 is 0.946 bits per heavy atom. The fourth-order valence-electron chi connectivity index (χ4n) is 12.4. The van der Waals surface area contributed by atoms with E-state index in [0.29, 0.717) is 17.4 Å². The summed E-state index contributed by atoms with van der Waals surface area (Å²) in [7, 11) is 1.59. The van der Waals surface area contributed by atoms with Gasteiger partial charge < -0.3 is 19.8 Å². The number of allylic oxidation sites excluding steroid dienone is 11. The normalized spacial score (nSPS) is 13.8. The van der Waals surface area contributed by atoms with Crippen molar-refractivity contribution < 1.29 is 32.9 Å². The molecule has 0 aliphatic rings. The van der Waals surface area contributed by atoms with E-state index in [2.05, 4.69) is 79.9 Å². The van der Waals surface area contributed by atoms with Crippen LogP contribution >= 0.6 is 7.82 Å². The van der Waals surface area contributed by atoms with Gasteiger partial charge in [-0.2, -0.15) is 0 Å². The van der Waals surface area contributed by atoms with Crippen molar-refractivity contribution in [1.82, 2.24) is 5.32 Å². The molecule has 0 spiro atoms. The number of amides is 1. The van der Waals surface area contributed by atoms with Crippen molar-refractivity contribution in [2.24, 2.45) is 0 Å². The van der Waals surface area contributed by atoms with Crippen LogP contribution in [-0.2, 0) is 18.4 Å². The third-order valence-electron chi connectivity index (χ3n) is 18.7. The van der Waals surface area contributed by atoms with Crippen LogP contribution in [0.4, 0.5) is 0 Å². The summed E-state index contributed by atoms with van der Waals surface area (Å²) in [6, 6.07) is -0.849. The van der Waals surface area contributed by atoms with Gasteiger partial charge in [0.1, 0.15) is 13.2 Å². The van der Waals surface area contributed by atoms with E-state index in [4.69, 9.17) is 9.05 Å². The largest absolute Gasteiger partial charge is 0.472 e. The monoisotopic (exact) mass is 1320 g/mol. The van der Waals surface area contributed by atoms with Gasteiger partial charge >= 0.3 is 7.82 Å². The molecule has 3 atom stereocenters. The summed E-state index contributed by atoms with van der Waals surface area (Å²) in [6.45, 7) is 4.76. The molecule has 93 heavy (non-hydrogen) atoms. The number of phosphoric ester groups is 1. The number of unbranched alkanes of at least 4 members (excludes halogenated alkanes) is 53. The summed E-state index contributed by atoms with van der Waals surface area (Å²) < 4.78 is 23.9. The van der Waals surface area contributed by atoms with Crippen LogP contribution in [0.1, 0.15) is 406 Å². The predicted octanol–water partition coefficient (Wildman–Crippen LogP) is 26.8. The molecule has 3 N–H and O–H groups in total. The van der Waals surface area contributed by atoms with Crippen molar-refractivity contribution in [2.45, 2.75) is 418 Å². The molecule has 0 saturated heterocycles. The van der Waals surface area contributed by atoms with Crippen molar-refractivity contribution in [3.8, 4) is 0 Å². The van der Waals surface area contributed by atoms with E-state index < -0.39 is 20.0 Å². The first kappa shape index (κ1) is 90.9. The number of nitrogens with one attached hydrogen (secondary N) is 1. The Morgan fingerprint density at radius 2 is 0.645 bits per heavy atom. The van der Waals surface area contributed by atoms with E-state index in [9.17, 15) is 19.4 Å². The number of aliphatic hydroxyl groups is 1. The second-order valence-electron chi connectivity index (χ2n) is 29.1. The number of carbonyl (C=O) groups is 1. The van der Waals surface area contributed by atoms with Gasteiger partial charge in [0.05, 0.1) is 39.9 Å². The standard InChI is InChI=1S/C84H159N2O6P/c1-6-8-10-12-14-16-18-20-22-24-26-28-30-32-34-36-38-40-41-42-43-44-45-46-48-50-52-54-56-58-60-62-64-66-68-70-72-74-76-78-84(88)85-82(81-92-93(89,90)91-80-79-86(3,4)5)83(87)77-75-73-71-69-67-65-63-61-59-57-55-53-51-49-47-39-37-35-33-31-29-27-25-23-21-19-17-15-13-11-9-7-2/h8,10,14,16,20,22,26,28,32,34,75,77,82-83,87H,6-7,9,11-13,15,17-19,21,23-25,27,29-31,33,35-74,76,78-81H2,1-5H3,(H-,85,88,89,90)/p+1/b10-8-,16-14-,22-20-,28-26-,34-32-,77-75+. The third kappa shape index (κ3) is 77.2. The first-order valence-electron chi connectivity index (χ1n) is 40.8. The number of phosphoric acid groups is 1. The molecule has 546 valence electrons. The Labute approximate surface area is 580 Å². The van der Waals surface area contributed by atoms with Crippen molar-refractivity contribution >= 4 is 13.7 Å². The van der Waals surface area contributed by atoms with Gasteiger partial charge in [-0.1, -0.05) is 408 Å². The van der Waals surface area contributed by atoms with E-state index in [-0.39, 0.29) is 19.1 Å². The van der Waals surface area contributed by atoms with Gasteiger partial charge in [-0.25, -0.2) is 4.57 Å². The summed E-state index contributed by atoms with van der Waals surface area (Å²) in [4.78, 5) is 23.5. The molecule has 0 aliphatic carbocycles. The van der Waals surface area contributed by atoms with Crippen molar-refractivity contribution in [2.75, 3.05) is 40.9 Å². The molecule has 0 fully saturated rings. The van der Waals surface area contributed by atoms with E-state index in [0.717, 1.165) is 70.6 Å². The Balaban J connectivity index is 3.94. The molecule has 0 aromatic rings. The van der Waals surface area contributed by atoms with Crippen LogP contribution in [-0.4, -0.2) is 73.4 Å². The highest BCUT2D eigenvalue weighted by atomic mass is 31.2. The molecular weight excluding hydrogens is 1160 g/mol. The summed E-state index contributed by atoms with van der Waals surface area (Å²) in [5, 5.41) is 14.1. The van der Waals surface area contributed by atoms with E-state index >= 15 is 0 Å². The molecule has 9 heteroatoms. The molecule has 8 nitrogen and oxygen atoms in total. The summed E-state index contributed by atoms with van der Waals surface area (Å²) >= 11 is 0. The van der Waals surface area contributed by atoms with Crippen LogP contribution in [0.2, 0.25) is 0 Å². The molecule has 0 heterocycles. The summed E-state index contributed by atoms with van der Waals surface area (Å²) in [6.07, 6.45) is 105. The molecule has 0 saturated carbocycles. The zero-order valence-electron chi connectivity index (χ0n) is 62.8. The fourth-order valence-corrected chi connectivity index (χ4v) is 13.2. The maximum Gasteiger partial charge on any atom is 0.472 e. The number of hydrogen-bond donors (Lipinski definition) is 3. The second kappa shape index (κ2) is 74.2. The number of carbonyl (C=O) groups excluding carboxylic acids is 1. The van der Waals surface area contributed by atoms with E-state index in [1.165, 1.54) is 315 Å². The minimum absolute atomic E-state index is 0.0626. The number of aliphatic hydroxyl groups excluding tert-OH is 1. The summed E-state index contributed by atoms with van der Waals surface area (Å²) in [5.41, 5.74) is 0. The van der Waals surface area contributed by atoms with Gasteiger partial charge in [0.25, 0.3) is 0 Å². The Morgan fingerprint density at radius 1 is 0.376 bits per heavy atom. The summed E-state index contributed by atoms with van der Waals surface area (Å²) in [5.74, 6) is -0.169. The SMILES string of the molecule is CC/C=C\C/C=C\C/C=C\C/C=C\C/C=C\CCCCCCCCCCCCCCCCCCCCCCCCCC(=O)NC(COP(=O)(O)OCC[N+](C)(C)C)C(O)/C=C/CCCCCCCCCCCCCCCCCCCCCCCCCCCCCCCC. The van der Waals surface area contributed by atoms with Crippen molar-refractivity contribution in [1.29, 1.82) is 0 Å². The van der Waals surface area contributed by atoms with Gasteiger partial charge in [0, 0.05) is 6.42 Å². The third-order valence-corrected chi connectivity index (χ3v) is 19.7. The van der Waals surface area contributed by atoms with E-state index in [1.807, 2.05) is 27.2 Å². The lowest BCUT2D eigenvalue weighted by Gasteiger charge is -2.25. The quantitative estimate of drug-likeness (QED) is 0.0243. The molecule has 0 bridgehead atoms. The van der Waals surface area contributed by atoms with Crippen LogP contribution in [0.5, 0.6) is 0 Å². The van der Waals surface area contributed by atoms with E-state index in [1.54, 1.807) is 6.08 Å². The van der Waals surface area contributed by atoms with Crippen LogP contribution in [0.15, 0.2) is 72.9 Å². The lowest BCUT2D eigenvalue weighted by Crippen LogP contribution is -2.45. The number of likely N-dealkylation sites (N-methyl/N-ethyl adjacent to an activating group) is 1. The zero-order chi connectivity index (χ0) is 67.6. The zero-order valence-corrected chi connectivity index (χ0v) is 63.7. The fraction of sp³-hybridized carbons (Fsp3) is 0.845. The van der Waals surface area contributed by atoms with Gasteiger partial charge in [-0.05, 0) is 64.2 Å². The Bertz CT molecular complexity index is 1750. The second-order valence-corrected chi connectivity index (χ2v) is 30.6. The predicted molar refractivity (Wildman–Crippen MR) is 410 cm³/mol. The smallest absolute Gasteiger partial charge is 0.387 e. The van der Waals surface area contributed by atoms with Crippen molar-refractivity contribution in [3.63, 3.8) is 0 Å². The van der Waals surface area contributed by atoms with Crippen molar-refractivity contribution in [3.05, 3.63) is 72.9 Å². The minimum atomic E-state index is -4.36. The average molecular weight is 1330 g/mol. The molecule has 0 aromatic carbocycles. The minimum Gasteiger partial charge on any atom is -0.387 e. The van der Waals surface area contributed by atoms with Crippen LogP contribution < -0.4 is 5.32 Å². The van der Waals surface area contributed by atoms with Crippen LogP contribution in [0, 0.1) is 0 Å². The molecule has 0 rings (SSSR count). The van der Waals surface area contributed by atoms with Gasteiger partial charge in [-0.3, -0.25) is 13.8 Å². The number of nitrogens with zero attached hydrogens (tertiary/aromatic N) is 1. The maximum atomic E-state index is 13.1. The number of quaternary nitrogens is 1. The highest BCUT2D eigenvalue weighted by molar-refractivity contribution is 7.47. The topological polar surface area (TPSA) is 105 Å². The molecule has 0 radical (unpaired) electrons. The van der Waals surface area contributed by atoms with Crippen LogP contribution in [0.3, 0.4) is 0 Å². The molecule has 0 aliphatic heterocycles. The molecule has 3 unspecified atom stereocenters. The van der Waals surface area contributed by atoms with Crippen LogP contribution in [0.25, 0.3) is 0 Å². The highest BCUT2D eigenvalue weighted by Crippen LogP contribution is 2.43. The first-order chi connectivity index (χ1) is 45.5. The van der Waals surface area contributed by atoms with Gasteiger partial charge in [0.15, 0.2) is 0 Å². The molecule has 0 aromatic heterocycles. The Hall–Kier alpha value is -2.06. The first-order valence-corrected chi connectivity index (χ1v) is 42.3. The highest BCUT2D eigenvalue weighted by Gasteiger charge is 2.28. The average Bonchev–Trinajstić information content (AvgIpc) is 1.94. The van der Waals surface area contributed by atoms with Gasteiger partial charge in [0.2, 0.25) is 5.91 Å². The molecular formula is C84H160N2O6P+. The van der Waals surface area contributed by atoms with Gasteiger partial charge in [-0.15, -0.1) is 0 Å².